The summed E-state index contributed by atoms with van der Waals surface area (Å²) in [5.41, 5.74) is 1.57. The molecule has 1 unspecified atom stereocenters. The summed E-state index contributed by atoms with van der Waals surface area (Å²) in [6, 6.07) is 12.4. The summed E-state index contributed by atoms with van der Waals surface area (Å²) in [4.78, 5) is 16.5. The van der Waals surface area contributed by atoms with Gasteiger partial charge in [-0.2, -0.15) is 0 Å². The number of hydrogen-bond donors (Lipinski definition) is 1. The molecule has 1 aliphatic heterocycles. The van der Waals surface area contributed by atoms with Gasteiger partial charge < -0.3 is 5.32 Å². The van der Waals surface area contributed by atoms with Crippen molar-refractivity contribution in [3.05, 3.63) is 77.8 Å². The summed E-state index contributed by atoms with van der Waals surface area (Å²) in [6.07, 6.45) is 1.64. The zero-order valence-corrected chi connectivity index (χ0v) is 12.5. The third-order valence-electron chi connectivity index (χ3n) is 4.14. The van der Waals surface area contributed by atoms with Crippen LogP contribution in [0.5, 0.6) is 0 Å². The molecular formula is C18H13F2N3O. The highest BCUT2D eigenvalue weighted by Gasteiger charge is 2.31. The summed E-state index contributed by atoms with van der Waals surface area (Å²) >= 11 is 0. The van der Waals surface area contributed by atoms with Crippen LogP contribution in [0.4, 0.5) is 14.6 Å². The van der Waals surface area contributed by atoms with Crippen molar-refractivity contribution in [3.63, 3.8) is 0 Å². The van der Waals surface area contributed by atoms with Crippen LogP contribution in [-0.2, 0) is 4.79 Å². The second kappa shape index (κ2) is 5.56. The Morgan fingerprint density at radius 3 is 2.75 bits per heavy atom. The van der Waals surface area contributed by atoms with Gasteiger partial charge in [0.2, 0.25) is 5.91 Å². The Kier molecular flexibility index (Phi) is 3.37. The molecule has 1 amide bonds. The summed E-state index contributed by atoms with van der Waals surface area (Å²) < 4.78 is 29.1. The lowest BCUT2D eigenvalue weighted by Gasteiger charge is -2.23. The van der Waals surface area contributed by atoms with Crippen LogP contribution < -0.4 is 5.32 Å². The van der Waals surface area contributed by atoms with Gasteiger partial charge in [-0.05, 0) is 29.8 Å². The van der Waals surface area contributed by atoms with Gasteiger partial charge in [0.1, 0.15) is 23.8 Å². The van der Waals surface area contributed by atoms with Crippen LogP contribution in [0.2, 0.25) is 0 Å². The quantitative estimate of drug-likeness (QED) is 0.782. The van der Waals surface area contributed by atoms with Crippen LogP contribution in [0.3, 0.4) is 0 Å². The zero-order chi connectivity index (χ0) is 16.7. The van der Waals surface area contributed by atoms with E-state index in [9.17, 15) is 13.6 Å². The number of para-hydroxylation sites is 1. The number of benzene rings is 2. The van der Waals surface area contributed by atoms with Gasteiger partial charge in [0.25, 0.3) is 0 Å². The van der Waals surface area contributed by atoms with Crippen molar-refractivity contribution in [3.8, 4) is 5.69 Å². The number of halogens is 2. The number of nitrogens with one attached hydrogen (secondary N) is 1. The summed E-state index contributed by atoms with van der Waals surface area (Å²) in [7, 11) is 0. The van der Waals surface area contributed by atoms with E-state index in [0.29, 0.717) is 22.8 Å². The Balaban J connectivity index is 1.85. The van der Waals surface area contributed by atoms with Crippen LogP contribution in [-0.4, -0.2) is 15.5 Å². The number of anilines is 1. The van der Waals surface area contributed by atoms with Gasteiger partial charge in [-0.25, -0.2) is 13.8 Å². The van der Waals surface area contributed by atoms with Gasteiger partial charge in [-0.3, -0.25) is 9.36 Å². The largest absolute Gasteiger partial charge is 0.310 e. The highest BCUT2D eigenvalue weighted by Crippen LogP contribution is 2.37. The summed E-state index contributed by atoms with van der Waals surface area (Å²) in [5, 5.41) is 2.75. The first-order chi connectivity index (χ1) is 11.6. The number of amides is 1. The van der Waals surface area contributed by atoms with E-state index >= 15 is 0 Å². The molecule has 0 spiro atoms. The van der Waals surface area contributed by atoms with Crippen molar-refractivity contribution in [2.45, 2.75) is 12.3 Å². The van der Waals surface area contributed by atoms with Crippen molar-refractivity contribution in [1.82, 2.24) is 9.55 Å². The SMILES string of the molecule is O=C1CC(c2cccc(F)c2)c2ncn(-c3ccccc3F)c2N1. The molecule has 0 saturated heterocycles. The van der Waals surface area contributed by atoms with Crippen LogP contribution in [0.1, 0.15) is 23.6 Å². The number of aromatic nitrogens is 2. The van der Waals surface area contributed by atoms with E-state index in [1.165, 1.54) is 29.1 Å². The van der Waals surface area contributed by atoms with Gasteiger partial charge >= 0.3 is 0 Å². The molecule has 1 N–H and O–H groups in total. The van der Waals surface area contributed by atoms with Gasteiger partial charge in [0.05, 0.1) is 11.4 Å². The van der Waals surface area contributed by atoms with Crippen LogP contribution in [0.25, 0.3) is 5.69 Å². The molecular weight excluding hydrogens is 312 g/mol. The molecule has 0 bridgehead atoms. The topological polar surface area (TPSA) is 46.9 Å². The summed E-state index contributed by atoms with van der Waals surface area (Å²) in [5.74, 6) is -0.939. The van der Waals surface area contributed by atoms with Crippen LogP contribution >= 0.6 is 0 Å². The fourth-order valence-electron chi connectivity index (χ4n) is 3.04. The van der Waals surface area contributed by atoms with Gasteiger partial charge in [-0.1, -0.05) is 24.3 Å². The average molecular weight is 325 g/mol. The molecule has 24 heavy (non-hydrogen) atoms. The number of rotatable bonds is 2. The molecule has 4 nitrogen and oxygen atoms in total. The molecule has 4 rings (SSSR count). The maximum Gasteiger partial charge on any atom is 0.226 e. The van der Waals surface area contributed by atoms with E-state index in [1.54, 1.807) is 30.3 Å². The lowest BCUT2D eigenvalue weighted by molar-refractivity contribution is -0.116. The second-order valence-corrected chi connectivity index (χ2v) is 5.66. The fourth-order valence-corrected chi connectivity index (χ4v) is 3.04. The van der Waals surface area contributed by atoms with Gasteiger partial charge in [0.15, 0.2) is 0 Å². The Hall–Kier alpha value is -3.02. The molecule has 1 aliphatic rings. The maximum absolute atomic E-state index is 14.1. The molecule has 1 aromatic heterocycles. The molecule has 0 aliphatic carbocycles. The minimum absolute atomic E-state index is 0.171. The molecule has 6 heteroatoms. The van der Waals surface area contributed by atoms with E-state index < -0.39 is 5.82 Å². The van der Waals surface area contributed by atoms with Crippen molar-refractivity contribution in [2.75, 3.05) is 5.32 Å². The van der Waals surface area contributed by atoms with Crippen molar-refractivity contribution in [2.24, 2.45) is 0 Å². The standard InChI is InChI=1S/C18H13F2N3O/c19-12-5-3-4-11(8-12)13-9-16(24)22-18-17(13)21-10-23(18)15-7-2-1-6-14(15)20/h1-8,10,13H,9H2,(H,22,24). The van der Waals surface area contributed by atoms with E-state index in [1.807, 2.05) is 0 Å². The lowest BCUT2D eigenvalue weighted by Crippen LogP contribution is -2.25. The minimum atomic E-state index is -0.417. The highest BCUT2D eigenvalue weighted by atomic mass is 19.1. The molecule has 1 atom stereocenters. The third-order valence-corrected chi connectivity index (χ3v) is 4.14. The Morgan fingerprint density at radius 2 is 1.96 bits per heavy atom. The zero-order valence-electron chi connectivity index (χ0n) is 12.5. The van der Waals surface area contributed by atoms with Crippen molar-refractivity contribution < 1.29 is 13.6 Å². The fraction of sp³-hybridized carbons (Fsp3) is 0.111. The smallest absolute Gasteiger partial charge is 0.226 e. The molecule has 120 valence electrons. The second-order valence-electron chi connectivity index (χ2n) is 5.66. The molecule has 2 aromatic carbocycles. The van der Waals surface area contributed by atoms with Gasteiger partial charge in [-0.15, -0.1) is 0 Å². The van der Waals surface area contributed by atoms with E-state index in [-0.39, 0.29) is 24.1 Å². The van der Waals surface area contributed by atoms with E-state index in [0.717, 1.165) is 0 Å². The van der Waals surface area contributed by atoms with Crippen LogP contribution in [0.15, 0.2) is 54.9 Å². The van der Waals surface area contributed by atoms with Crippen molar-refractivity contribution in [1.29, 1.82) is 0 Å². The highest BCUT2D eigenvalue weighted by molar-refractivity contribution is 5.94. The van der Waals surface area contributed by atoms with E-state index in [2.05, 4.69) is 10.3 Å². The maximum atomic E-state index is 14.1. The molecule has 2 heterocycles. The van der Waals surface area contributed by atoms with Crippen molar-refractivity contribution >= 4 is 11.7 Å². The molecule has 3 aromatic rings. The number of nitrogens with zero attached hydrogens (tertiary/aromatic N) is 2. The Bertz CT molecular complexity index is 936. The minimum Gasteiger partial charge on any atom is -0.310 e. The molecule has 0 fully saturated rings. The first-order valence-electron chi connectivity index (χ1n) is 7.51. The Morgan fingerprint density at radius 1 is 1.12 bits per heavy atom. The predicted molar refractivity (Wildman–Crippen MR) is 85.0 cm³/mol. The predicted octanol–water partition coefficient (Wildman–Crippen LogP) is 3.62. The number of hydrogen-bond acceptors (Lipinski definition) is 2. The monoisotopic (exact) mass is 325 g/mol. The first kappa shape index (κ1) is 14.6. The average Bonchev–Trinajstić information content (AvgIpc) is 2.98. The number of imidazole rings is 1. The number of carbonyl (C=O) groups is 1. The number of carbonyl (C=O) groups excluding carboxylic acids is 1. The van der Waals surface area contributed by atoms with Gasteiger partial charge in [0, 0.05) is 12.3 Å². The number of fused-ring (bicyclic) bond motifs is 1. The van der Waals surface area contributed by atoms with Crippen LogP contribution in [0, 0.1) is 11.6 Å². The first-order valence-corrected chi connectivity index (χ1v) is 7.51. The molecule has 0 radical (unpaired) electrons. The lowest BCUT2D eigenvalue weighted by atomic mass is 9.90. The molecule has 0 saturated carbocycles. The Labute approximate surface area is 136 Å². The third kappa shape index (κ3) is 2.36. The summed E-state index contributed by atoms with van der Waals surface area (Å²) in [6.45, 7) is 0. The van der Waals surface area contributed by atoms with E-state index in [4.69, 9.17) is 0 Å². The normalized spacial score (nSPS) is 16.6.